The average Bonchev–Trinajstić information content (AvgIpc) is 3.25. The summed E-state index contributed by atoms with van der Waals surface area (Å²) in [6.07, 6.45) is 0.591. The van der Waals surface area contributed by atoms with E-state index in [-0.39, 0.29) is 59.0 Å². The molecule has 0 aromatic rings. The number of aliphatic hydroxyl groups is 7. The van der Waals surface area contributed by atoms with E-state index in [1.54, 1.807) is 0 Å². The smallest absolute Gasteiger partial charge is 0.310 e. The minimum absolute atomic E-state index is 0.0206. The van der Waals surface area contributed by atoms with E-state index in [0.29, 0.717) is 32.1 Å². The number of hydrogen-bond acceptors (Lipinski definition) is 10. The van der Waals surface area contributed by atoms with Gasteiger partial charge in [0.1, 0.15) is 18.3 Å². The normalized spacial score (nSPS) is 56.6. The van der Waals surface area contributed by atoms with E-state index in [1.165, 1.54) is 5.57 Å². The molecule has 6 fully saturated rings. The van der Waals surface area contributed by atoms with Crippen LogP contribution >= 0.6 is 0 Å². The molecule has 1 heterocycles. The van der Waals surface area contributed by atoms with E-state index < -0.39 is 71.7 Å². The molecule has 0 aromatic heterocycles. The highest BCUT2D eigenvalue weighted by Gasteiger charge is 2.74. The van der Waals surface area contributed by atoms with Gasteiger partial charge >= 0.3 is 5.97 Å². The van der Waals surface area contributed by atoms with Gasteiger partial charge in [-0.05, 0) is 109 Å². The molecule has 6 aliphatic carbocycles. The van der Waals surface area contributed by atoms with Gasteiger partial charge in [-0.2, -0.15) is 0 Å². The monoisotopic (exact) mass is 706 g/mol. The van der Waals surface area contributed by atoms with Crippen molar-refractivity contribution in [2.75, 3.05) is 19.8 Å². The highest BCUT2D eigenvalue weighted by atomic mass is 16.7. The Morgan fingerprint density at radius 2 is 1.62 bits per heavy atom. The Morgan fingerprint density at radius 1 is 0.920 bits per heavy atom. The third-order valence-corrected chi connectivity index (χ3v) is 17.1. The van der Waals surface area contributed by atoms with Gasteiger partial charge in [-0.15, -0.1) is 0 Å². The van der Waals surface area contributed by atoms with Gasteiger partial charge in [0.2, 0.25) is 0 Å². The molecule has 1 aliphatic heterocycles. The van der Waals surface area contributed by atoms with Gasteiger partial charge in [0.25, 0.3) is 0 Å². The van der Waals surface area contributed by atoms with E-state index >= 15 is 0 Å². The van der Waals surface area contributed by atoms with E-state index in [1.807, 2.05) is 6.92 Å². The molecule has 7 rings (SSSR count). The topological polar surface area (TPSA) is 197 Å². The van der Waals surface area contributed by atoms with Gasteiger partial charge in [-0.1, -0.05) is 52.7 Å². The minimum atomic E-state index is -1.57. The molecule has 50 heavy (non-hydrogen) atoms. The molecule has 0 amide bonds. The Labute approximate surface area is 296 Å². The van der Waals surface area contributed by atoms with Crippen molar-refractivity contribution in [3.05, 3.63) is 11.6 Å². The van der Waals surface area contributed by atoms with Crippen LogP contribution in [0.25, 0.3) is 0 Å². The maximum atomic E-state index is 13.5. The van der Waals surface area contributed by atoms with E-state index in [4.69, 9.17) is 9.47 Å². The quantitative estimate of drug-likeness (QED) is 0.149. The molecule has 0 radical (unpaired) electrons. The Morgan fingerprint density at radius 3 is 2.28 bits per heavy atom. The summed E-state index contributed by atoms with van der Waals surface area (Å²) in [5.74, 6) is -0.789. The van der Waals surface area contributed by atoms with E-state index in [0.717, 1.165) is 32.1 Å². The number of aliphatic hydroxyl groups excluding tert-OH is 7. The number of allylic oxidation sites excluding steroid dienone is 2. The van der Waals surface area contributed by atoms with Gasteiger partial charge in [-0.3, -0.25) is 4.79 Å². The van der Waals surface area contributed by atoms with Crippen LogP contribution in [0.5, 0.6) is 0 Å². The standard InChI is InChI=1S/C39H62O11/c1-34(19-41)13-21-8-6-7-20-14-39(21,33(47)48)23(15-34)22-9-10-26-35(2)16-24(42)31(50-32-30(46)29(45)25(43)18-49-32)37(4,28(44)17-40)27(35)11-12-36(26,3)38(20,22)5/h9,20-21,23-32,40-46H,6-8,10-19H2,1-5H3,(H,47,48). The van der Waals surface area contributed by atoms with Crippen LogP contribution in [0.4, 0.5) is 0 Å². The van der Waals surface area contributed by atoms with Crippen LogP contribution in [0.1, 0.15) is 98.8 Å². The molecule has 8 N–H and O–H groups in total. The second kappa shape index (κ2) is 12.2. The van der Waals surface area contributed by atoms with Gasteiger partial charge in [0, 0.05) is 12.0 Å². The average molecular weight is 707 g/mol. The molecule has 5 saturated carbocycles. The molecule has 7 aliphatic rings. The molecule has 11 nitrogen and oxygen atoms in total. The third-order valence-electron chi connectivity index (χ3n) is 17.1. The molecular weight excluding hydrogens is 644 g/mol. The van der Waals surface area contributed by atoms with Gasteiger partial charge < -0.3 is 50.3 Å². The van der Waals surface area contributed by atoms with Crippen LogP contribution in [0.3, 0.4) is 0 Å². The lowest BCUT2D eigenvalue weighted by Gasteiger charge is -2.73. The summed E-state index contributed by atoms with van der Waals surface area (Å²) < 4.78 is 11.9. The number of rotatable bonds is 6. The van der Waals surface area contributed by atoms with Crippen molar-refractivity contribution in [2.24, 2.45) is 62.1 Å². The summed E-state index contributed by atoms with van der Waals surface area (Å²) in [4.78, 5) is 13.5. The lowest BCUT2D eigenvalue weighted by atomic mass is 9.31. The maximum absolute atomic E-state index is 13.5. The zero-order valence-corrected chi connectivity index (χ0v) is 30.5. The van der Waals surface area contributed by atoms with E-state index in [2.05, 4.69) is 33.8 Å². The van der Waals surface area contributed by atoms with Crippen molar-refractivity contribution in [3.8, 4) is 0 Å². The predicted octanol–water partition coefficient (Wildman–Crippen LogP) is 2.61. The lowest BCUT2D eigenvalue weighted by molar-refractivity contribution is -0.336. The first kappa shape index (κ1) is 37.2. The van der Waals surface area contributed by atoms with Crippen molar-refractivity contribution in [1.82, 2.24) is 0 Å². The van der Waals surface area contributed by atoms with Gasteiger partial charge in [0.15, 0.2) is 6.29 Å². The Balaban J connectivity index is 1.30. The molecule has 18 atom stereocenters. The largest absolute Gasteiger partial charge is 0.481 e. The summed E-state index contributed by atoms with van der Waals surface area (Å²) in [6, 6.07) is 0. The first-order chi connectivity index (χ1) is 23.4. The molecule has 2 bridgehead atoms. The number of hydrogen-bond donors (Lipinski definition) is 8. The van der Waals surface area contributed by atoms with Gasteiger partial charge in [-0.25, -0.2) is 0 Å². The van der Waals surface area contributed by atoms with Crippen LogP contribution in [0.2, 0.25) is 0 Å². The maximum Gasteiger partial charge on any atom is 0.310 e. The fourth-order valence-corrected chi connectivity index (χ4v) is 14.5. The van der Waals surface area contributed by atoms with Crippen LogP contribution in [0.15, 0.2) is 11.6 Å². The Bertz CT molecular complexity index is 1370. The summed E-state index contributed by atoms with van der Waals surface area (Å²) in [6.45, 7) is 10.2. The van der Waals surface area contributed by atoms with Crippen LogP contribution in [0, 0.1) is 62.1 Å². The SMILES string of the molecule is CC1(CO)CC2CCCC3CC2(C(=O)O)C(C1)C1=CCC2C4(C)CC(O)C(OC5OCC(O)C(O)C5O)C(C)(C(O)CO)C4CCC2(C)C13C. The number of carbonyl (C=O) groups is 1. The molecule has 284 valence electrons. The van der Waals surface area contributed by atoms with Crippen molar-refractivity contribution in [2.45, 2.75) is 142 Å². The van der Waals surface area contributed by atoms with Crippen LogP contribution < -0.4 is 0 Å². The summed E-state index contributed by atoms with van der Waals surface area (Å²) in [7, 11) is 0. The highest BCUT2D eigenvalue weighted by molar-refractivity contribution is 5.77. The fourth-order valence-electron chi connectivity index (χ4n) is 14.5. The third kappa shape index (κ3) is 4.69. The van der Waals surface area contributed by atoms with Gasteiger partial charge in [0.05, 0.1) is 36.9 Å². The zero-order chi connectivity index (χ0) is 36.4. The number of aliphatic carboxylic acids is 1. The summed E-state index contributed by atoms with van der Waals surface area (Å²) >= 11 is 0. The number of fused-ring (bicyclic) bond motifs is 8. The van der Waals surface area contributed by atoms with E-state index in [9.17, 15) is 45.6 Å². The molecular formula is C39H62O11. The zero-order valence-electron chi connectivity index (χ0n) is 30.5. The summed E-state index contributed by atoms with van der Waals surface area (Å²) in [5.41, 5.74) is -2.15. The van der Waals surface area contributed by atoms with Crippen molar-refractivity contribution in [3.63, 3.8) is 0 Å². The Hall–Kier alpha value is -1.15. The highest BCUT2D eigenvalue weighted by Crippen LogP contribution is 2.79. The molecule has 0 spiro atoms. The molecule has 1 saturated heterocycles. The van der Waals surface area contributed by atoms with Crippen molar-refractivity contribution >= 4 is 5.97 Å². The van der Waals surface area contributed by atoms with Crippen LogP contribution in [-0.2, 0) is 14.3 Å². The van der Waals surface area contributed by atoms with Crippen molar-refractivity contribution < 1.29 is 55.1 Å². The Kier molecular flexibility index (Phi) is 9.06. The van der Waals surface area contributed by atoms with Crippen LogP contribution in [-0.4, -0.2) is 110 Å². The number of carboxylic acids is 1. The fraction of sp³-hybridized carbons (Fsp3) is 0.923. The summed E-state index contributed by atoms with van der Waals surface area (Å²) in [5, 5.41) is 87.1. The minimum Gasteiger partial charge on any atom is -0.481 e. The second-order valence-corrected chi connectivity index (χ2v) is 19.1. The first-order valence-electron chi connectivity index (χ1n) is 19.2. The molecule has 0 aromatic carbocycles. The molecule has 11 heteroatoms. The van der Waals surface area contributed by atoms with Crippen molar-refractivity contribution in [1.29, 1.82) is 0 Å². The molecule has 18 unspecified atom stereocenters. The lowest BCUT2D eigenvalue weighted by Crippen LogP contribution is -2.71. The number of ether oxygens (including phenoxy) is 2. The number of carboxylic acid groups (broad SMARTS) is 1. The second-order valence-electron chi connectivity index (χ2n) is 19.1. The first-order valence-corrected chi connectivity index (χ1v) is 19.2. The predicted molar refractivity (Wildman–Crippen MR) is 181 cm³/mol.